The summed E-state index contributed by atoms with van der Waals surface area (Å²) in [5, 5.41) is 4.25. The highest BCUT2D eigenvalue weighted by Crippen LogP contribution is 2.20. The molecule has 3 N–H and O–H groups in total. The van der Waals surface area contributed by atoms with Gasteiger partial charge in [0, 0.05) is 0 Å². The summed E-state index contributed by atoms with van der Waals surface area (Å²) in [5.74, 6) is 0. The molecule has 0 aliphatic carbocycles. The lowest BCUT2D eigenvalue weighted by Gasteiger charge is -2.09. The van der Waals surface area contributed by atoms with Crippen molar-refractivity contribution in [3.8, 4) is 0 Å². The Balaban J connectivity index is 3.26. The maximum Gasteiger partial charge on any atom is 0.246 e. The minimum atomic E-state index is -3.98. The van der Waals surface area contributed by atoms with Crippen LogP contribution in [0.4, 0.5) is 5.69 Å². The highest BCUT2D eigenvalue weighted by atomic mass is 35.5. The van der Waals surface area contributed by atoms with Crippen LogP contribution in [0.5, 0.6) is 0 Å². The fourth-order valence-corrected chi connectivity index (χ4v) is 2.48. The van der Waals surface area contributed by atoms with E-state index in [0.29, 0.717) is 0 Å². The average Bonchev–Trinajstić information content (AvgIpc) is 2.16. The van der Waals surface area contributed by atoms with E-state index < -0.39 is 25.3 Å². The molecule has 0 unspecified atom stereocenters. The third kappa shape index (κ3) is 3.34. The summed E-state index contributed by atoms with van der Waals surface area (Å²) in [6, 6.07) is 5.38. The minimum Gasteiger partial charge on any atom is -0.281 e. The zero-order valence-electron chi connectivity index (χ0n) is 7.92. The topological polar surface area (TPSA) is 106 Å². The number of primary sulfonamides is 1. The normalized spacial score (nSPS) is 12.4. The predicted octanol–water partition coefficient (Wildman–Crippen LogP) is 0.272. The van der Waals surface area contributed by atoms with Gasteiger partial charge in [-0.1, -0.05) is 12.1 Å². The van der Waals surface area contributed by atoms with Gasteiger partial charge in [0.15, 0.2) is 0 Å². The molecule has 16 heavy (non-hydrogen) atoms. The summed E-state index contributed by atoms with van der Waals surface area (Å²) >= 11 is 5.18. The summed E-state index contributed by atoms with van der Waals surface area (Å²) in [7, 11) is -7.74. The van der Waals surface area contributed by atoms with Gasteiger partial charge in [0.05, 0.1) is 5.69 Å². The number of rotatable bonds is 4. The molecular weight excluding hydrogens is 276 g/mol. The number of nitrogens with two attached hydrogens (primary N) is 1. The van der Waals surface area contributed by atoms with Crippen LogP contribution in [0.2, 0.25) is 0 Å². The quantitative estimate of drug-likeness (QED) is 0.774. The van der Waals surface area contributed by atoms with Gasteiger partial charge in [-0.25, -0.2) is 22.0 Å². The van der Waals surface area contributed by atoms with E-state index in [2.05, 4.69) is 0 Å². The fraction of sp³-hybridized carbons (Fsp3) is 0.143. The van der Waals surface area contributed by atoms with Crippen molar-refractivity contribution in [2.24, 2.45) is 5.14 Å². The molecule has 0 radical (unpaired) electrons. The number of nitrogens with one attached hydrogen (secondary N) is 1. The molecular formula is C7H9ClN2O4S2. The van der Waals surface area contributed by atoms with Crippen molar-refractivity contribution >= 4 is 37.3 Å². The summed E-state index contributed by atoms with van der Waals surface area (Å²) in [5.41, 5.74) is -0.120. The SMILES string of the molecule is NS(=O)(=O)c1ccccc1NS(=O)(=O)CCl. The first-order valence-corrected chi connectivity index (χ1v) is 7.68. The first kappa shape index (κ1) is 13.2. The lowest BCUT2D eigenvalue weighted by molar-refractivity contribution is 0.598. The molecule has 0 amide bonds. The van der Waals surface area contributed by atoms with E-state index >= 15 is 0 Å². The van der Waals surface area contributed by atoms with Crippen molar-refractivity contribution in [2.75, 3.05) is 9.93 Å². The Labute approximate surface area is 98.5 Å². The Morgan fingerprint density at radius 2 is 1.75 bits per heavy atom. The lowest BCUT2D eigenvalue weighted by atomic mass is 10.3. The van der Waals surface area contributed by atoms with Crippen molar-refractivity contribution in [2.45, 2.75) is 4.90 Å². The third-order valence-electron chi connectivity index (χ3n) is 1.60. The molecule has 0 saturated carbocycles. The fourth-order valence-electron chi connectivity index (χ4n) is 0.994. The van der Waals surface area contributed by atoms with E-state index in [1.807, 2.05) is 4.72 Å². The van der Waals surface area contributed by atoms with Crippen LogP contribution in [0.1, 0.15) is 0 Å². The number of benzene rings is 1. The summed E-state index contributed by atoms with van der Waals surface area (Å²) in [4.78, 5) is -0.302. The largest absolute Gasteiger partial charge is 0.281 e. The number of alkyl halides is 1. The van der Waals surface area contributed by atoms with E-state index in [-0.39, 0.29) is 10.6 Å². The molecule has 9 heteroatoms. The lowest BCUT2D eigenvalue weighted by Crippen LogP contribution is -2.19. The monoisotopic (exact) mass is 284 g/mol. The summed E-state index contributed by atoms with van der Waals surface area (Å²) in [6.45, 7) is 0. The minimum absolute atomic E-state index is 0.120. The maximum absolute atomic E-state index is 11.2. The maximum atomic E-state index is 11.2. The Morgan fingerprint density at radius 1 is 1.19 bits per heavy atom. The van der Waals surface area contributed by atoms with Gasteiger partial charge in [-0.15, -0.1) is 11.6 Å². The molecule has 0 fully saturated rings. The van der Waals surface area contributed by atoms with Gasteiger partial charge in [0.2, 0.25) is 20.0 Å². The van der Waals surface area contributed by atoms with Crippen molar-refractivity contribution < 1.29 is 16.8 Å². The molecule has 0 aliphatic rings. The van der Waals surface area contributed by atoms with E-state index in [9.17, 15) is 16.8 Å². The smallest absolute Gasteiger partial charge is 0.246 e. The van der Waals surface area contributed by atoms with Gasteiger partial charge in [-0.05, 0) is 12.1 Å². The average molecular weight is 285 g/mol. The third-order valence-corrected chi connectivity index (χ3v) is 4.25. The standard InChI is InChI=1S/C7H9ClN2O4S2/c8-5-15(11,12)10-6-3-1-2-4-7(6)16(9,13)14/h1-4,10H,5H2,(H2,9,13,14). The molecule has 0 aliphatic heterocycles. The van der Waals surface area contributed by atoms with Crippen molar-refractivity contribution in [3.63, 3.8) is 0 Å². The van der Waals surface area contributed by atoms with Crippen LogP contribution in [-0.4, -0.2) is 22.0 Å². The zero-order valence-corrected chi connectivity index (χ0v) is 10.3. The molecule has 0 aromatic heterocycles. The first-order chi connectivity index (χ1) is 7.26. The number of hydrogen-bond donors (Lipinski definition) is 2. The predicted molar refractivity (Wildman–Crippen MR) is 61.1 cm³/mol. The molecule has 6 nitrogen and oxygen atoms in total. The molecule has 1 rings (SSSR count). The van der Waals surface area contributed by atoms with Crippen LogP contribution in [0.25, 0.3) is 0 Å². The summed E-state index contributed by atoms with van der Waals surface area (Å²) < 4.78 is 46.6. The molecule has 0 atom stereocenters. The van der Waals surface area contributed by atoms with E-state index in [1.54, 1.807) is 0 Å². The molecule has 1 aromatic carbocycles. The van der Waals surface area contributed by atoms with Gasteiger partial charge in [-0.3, -0.25) is 4.72 Å². The molecule has 0 spiro atoms. The number of para-hydroxylation sites is 1. The Kier molecular flexibility index (Phi) is 3.79. The van der Waals surface area contributed by atoms with Crippen molar-refractivity contribution in [1.82, 2.24) is 0 Å². The van der Waals surface area contributed by atoms with Crippen LogP contribution in [-0.2, 0) is 20.0 Å². The Hall–Kier alpha value is -0.830. The van der Waals surface area contributed by atoms with Crippen LogP contribution < -0.4 is 9.86 Å². The van der Waals surface area contributed by atoms with Gasteiger partial charge >= 0.3 is 0 Å². The van der Waals surface area contributed by atoms with Crippen LogP contribution in [0, 0.1) is 0 Å². The zero-order chi connectivity index (χ0) is 12.4. The van der Waals surface area contributed by atoms with E-state index in [1.165, 1.54) is 24.3 Å². The number of anilines is 1. The second kappa shape index (κ2) is 4.58. The molecule has 0 heterocycles. The Bertz CT molecular complexity index is 582. The van der Waals surface area contributed by atoms with Gasteiger partial charge in [-0.2, -0.15) is 0 Å². The number of sulfonamides is 2. The number of halogens is 1. The van der Waals surface area contributed by atoms with E-state index in [4.69, 9.17) is 16.7 Å². The van der Waals surface area contributed by atoms with Crippen LogP contribution in [0.3, 0.4) is 0 Å². The molecule has 0 bridgehead atoms. The first-order valence-electron chi connectivity index (χ1n) is 3.94. The summed E-state index contributed by atoms with van der Waals surface area (Å²) in [6.07, 6.45) is 0. The van der Waals surface area contributed by atoms with Crippen LogP contribution >= 0.6 is 11.6 Å². The number of hydrogen-bond acceptors (Lipinski definition) is 4. The van der Waals surface area contributed by atoms with Crippen molar-refractivity contribution in [3.05, 3.63) is 24.3 Å². The molecule has 90 valence electrons. The second-order valence-electron chi connectivity index (χ2n) is 2.87. The second-order valence-corrected chi connectivity index (χ2v) is 6.70. The van der Waals surface area contributed by atoms with Gasteiger partial charge in [0.1, 0.15) is 10.1 Å². The molecule has 1 aromatic rings. The van der Waals surface area contributed by atoms with Crippen molar-refractivity contribution in [1.29, 1.82) is 0 Å². The van der Waals surface area contributed by atoms with Gasteiger partial charge in [0.25, 0.3) is 0 Å². The van der Waals surface area contributed by atoms with Gasteiger partial charge < -0.3 is 0 Å². The van der Waals surface area contributed by atoms with Crippen LogP contribution in [0.15, 0.2) is 29.2 Å². The van der Waals surface area contributed by atoms with E-state index in [0.717, 1.165) is 0 Å². The highest BCUT2D eigenvalue weighted by Gasteiger charge is 2.17. The highest BCUT2D eigenvalue weighted by molar-refractivity contribution is 7.94. The molecule has 0 saturated heterocycles. The Morgan fingerprint density at radius 3 is 2.25 bits per heavy atom.